The summed E-state index contributed by atoms with van der Waals surface area (Å²) in [6.45, 7) is 4.04. The Morgan fingerprint density at radius 3 is 2.40 bits per heavy atom. The maximum absolute atomic E-state index is 13.2. The maximum Gasteiger partial charge on any atom is 0.137 e. The molecule has 0 amide bonds. The smallest absolute Gasteiger partial charge is 0.137 e. The van der Waals surface area contributed by atoms with Crippen LogP contribution in [0.1, 0.15) is 25.0 Å². The fourth-order valence-electron chi connectivity index (χ4n) is 2.21. The second-order valence-electron chi connectivity index (χ2n) is 5.56. The number of halogens is 2. The molecule has 0 fully saturated rings. The summed E-state index contributed by atoms with van der Waals surface area (Å²) in [6, 6.07) is 14.8. The SMILES string of the molecule is CC(C)(c1ccccc1)C(O)Cc1ccc(F)c(Br)c1. The molecule has 20 heavy (non-hydrogen) atoms. The molecule has 0 aliphatic heterocycles. The van der Waals surface area contributed by atoms with Crippen molar-refractivity contribution in [1.82, 2.24) is 0 Å². The molecule has 2 aromatic carbocycles. The summed E-state index contributed by atoms with van der Waals surface area (Å²) in [4.78, 5) is 0. The first kappa shape index (κ1) is 15.2. The van der Waals surface area contributed by atoms with Crippen molar-refractivity contribution in [1.29, 1.82) is 0 Å². The molecule has 2 aromatic rings. The molecule has 1 N–H and O–H groups in total. The van der Waals surface area contributed by atoms with Crippen LogP contribution < -0.4 is 0 Å². The van der Waals surface area contributed by atoms with Crippen molar-refractivity contribution in [2.45, 2.75) is 31.8 Å². The maximum atomic E-state index is 13.2. The van der Waals surface area contributed by atoms with Gasteiger partial charge in [-0.2, -0.15) is 0 Å². The Morgan fingerprint density at radius 1 is 1.15 bits per heavy atom. The Bertz CT molecular complexity index is 581. The lowest BCUT2D eigenvalue weighted by atomic mass is 9.77. The highest BCUT2D eigenvalue weighted by Crippen LogP contribution is 2.29. The topological polar surface area (TPSA) is 20.2 Å². The molecule has 0 aromatic heterocycles. The molecular formula is C17H18BrFO. The van der Waals surface area contributed by atoms with Gasteiger partial charge in [-0.1, -0.05) is 50.2 Å². The zero-order valence-electron chi connectivity index (χ0n) is 11.6. The van der Waals surface area contributed by atoms with Gasteiger partial charge in [-0.15, -0.1) is 0 Å². The standard InChI is InChI=1S/C17H18BrFO/c1-17(2,13-6-4-3-5-7-13)16(20)11-12-8-9-15(19)14(18)10-12/h3-10,16,20H,11H2,1-2H3. The molecule has 0 bridgehead atoms. The number of aliphatic hydroxyl groups is 1. The zero-order valence-corrected chi connectivity index (χ0v) is 13.2. The van der Waals surface area contributed by atoms with Crippen molar-refractivity contribution < 1.29 is 9.50 Å². The van der Waals surface area contributed by atoms with E-state index in [1.807, 2.05) is 44.2 Å². The highest BCUT2D eigenvalue weighted by molar-refractivity contribution is 9.10. The first-order valence-corrected chi connectivity index (χ1v) is 7.38. The molecule has 0 saturated carbocycles. The van der Waals surface area contributed by atoms with Gasteiger partial charge in [-0.3, -0.25) is 0 Å². The van der Waals surface area contributed by atoms with Gasteiger partial charge < -0.3 is 5.11 Å². The highest BCUT2D eigenvalue weighted by atomic mass is 79.9. The molecule has 106 valence electrons. The van der Waals surface area contributed by atoms with E-state index in [1.54, 1.807) is 12.1 Å². The van der Waals surface area contributed by atoms with Gasteiger partial charge >= 0.3 is 0 Å². The van der Waals surface area contributed by atoms with E-state index < -0.39 is 6.10 Å². The third kappa shape index (κ3) is 3.28. The molecule has 0 heterocycles. The summed E-state index contributed by atoms with van der Waals surface area (Å²) in [5.74, 6) is -0.287. The predicted molar refractivity (Wildman–Crippen MR) is 83.3 cm³/mol. The Morgan fingerprint density at radius 2 is 1.80 bits per heavy atom. The Labute approximate surface area is 127 Å². The molecule has 1 atom stereocenters. The monoisotopic (exact) mass is 336 g/mol. The first-order chi connectivity index (χ1) is 9.41. The van der Waals surface area contributed by atoms with Crippen LogP contribution in [0.2, 0.25) is 0 Å². The zero-order chi connectivity index (χ0) is 14.8. The molecule has 1 unspecified atom stereocenters. The average molecular weight is 337 g/mol. The van der Waals surface area contributed by atoms with E-state index in [0.29, 0.717) is 10.9 Å². The van der Waals surface area contributed by atoms with E-state index in [1.165, 1.54) is 6.07 Å². The molecule has 0 spiro atoms. The van der Waals surface area contributed by atoms with Gasteiger partial charge in [0.15, 0.2) is 0 Å². The van der Waals surface area contributed by atoms with E-state index in [2.05, 4.69) is 15.9 Å². The summed E-state index contributed by atoms with van der Waals surface area (Å²) in [6.07, 6.45) is -0.0527. The molecular weight excluding hydrogens is 319 g/mol. The summed E-state index contributed by atoms with van der Waals surface area (Å²) in [5.41, 5.74) is 1.64. The van der Waals surface area contributed by atoms with Crippen LogP contribution in [0.5, 0.6) is 0 Å². The van der Waals surface area contributed by atoms with Gasteiger partial charge in [-0.25, -0.2) is 4.39 Å². The van der Waals surface area contributed by atoms with Crippen LogP contribution in [-0.4, -0.2) is 11.2 Å². The van der Waals surface area contributed by atoms with Gasteiger partial charge in [0, 0.05) is 5.41 Å². The summed E-state index contributed by atoms with van der Waals surface area (Å²) in [7, 11) is 0. The van der Waals surface area contributed by atoms with E-state index in [-0.39, 0.29) is 11.2 Å². The molecule has 1 nitrogen and oxygen atoms in total. The lowest BCUT2D eigenvalue weighted by molar-refractivity contribution is 0.0999. The number of aliphatic hydroxyl groups excluding tert-OH is 1. The van der Waals surface area contributed by atoms with Crippen LogP contribution in [0, 0.1) is 5.82 Å². The number of hydrogen-bond acceptors (Lipinski definition) is 1. The summed E-state index contributed by atoms with van der Waals surface area (Å²) >= 11 is 3.17. The molecule has 0 aliphatic rings. The highest BCUT2D eigenvalue weighted by Gasteiger charge is 2.29. The van der Waals surface area contributed by atoms with Crippen LogP contribution in [-0.2, 0) is 11.8 Å². The molecule has 0 aliphatic carbocycles. The first-order valence-electron chi connectivity index (χ1n) is 6.59. The Kier molecular flexibility index (Phi) is 4.61. The number of hydrogen-bond donors (Lipinski definition) is 1. The Balaban J connectivity index is 2.18. The van der Waals surface area contributed by atoms with Gasteiger partial charge in [0.25, 0.3) is 0 Å². The average Bonchev–Trinajstić information content (AvgIpc) is 2.44. The van der Waals surface area contributed by atoms with Crippen molar-refractivity contribution in [3.63, 3.8) is 0 Å². The van der Waals surface area contributed by atoms with Crippen LogP contribution in [0.25, 0.3) is 0 Å². The quantitative estimate of drug-likeness (QED) is 0.873. The van der Waals surface area contributed by atoms with E-state index >= 15 is 0 Å². The number of rotatable bonds is 4. The third-order valence-corrected chi connectivity index (χ3v) is 4.37. The van der Waals surface area contributed by atoms with Gasteiger partial charge in [-0.05, 0) is 45.6 Å². The van der Waals surface area contributed by atoms with Gasteiger partial charge in [0.05, 0.1) is 10.6 Å². The van der Waals surface area contributed by atoms with Crippen molar-refractivity contribution in [3.8, 4) is 0 Å². The minimum atomic E-state index is -0.540. The molecule has 0 radical (unpaired) electrons. The van der Waals surface area contributed by atoms with Crippen LogP contribution in [0.4, 0.5) is 4.39 Å². The fraction of sp³-hybridized carbons (Fsp3) is 0.294. The predicted octanol–water partition coefficient (Wildman–Crippen LogP) is 4.47. The minimum absolute atomic E-state index is 0.287. The van der Waals surface area contributed by atoms with Crippen molar-refractivity contribution >= 4 is 15.9 Å². The van der Waals surface area contributed by atoms with Crippen LogP contribution in [0.15, 0.2) is 53.0 Å². The molecule has 0 saturated heterocycles. The third-order valence-electron chi connectivity index (χ3n) is 3.76. The van der Waals surface area contributed by atoms with E-state index in [4.69, 9.17) is 0 Å². The fourth-order valence-corrected chi connectivity index (χ4v) is 2.63. The van der Waals surface area contributed by atoms with Crippen molar-refractivity contribution in [2.24, 2.45) is 0 Å². The lowest BCUT2D eigenvalue weighted by Crippen LogP contribution is -2.35. The summed E-state index contributed by atoms with van der Waals surface area (Å²) < 4.78 is 13.7. The lowest BCUT2D eigenvalue weighted by Gasteiger charge is -2.31. The van der Waals surface area contributed by atoms with Crippen molar-refractivity contribution in [2.75, 3.05) is 0 Å². The van der Waals surface area contributed by atoms with Gasteiger partial charge in [0.2, 0.25) is 0 Å². The number of benzene rings is 2. The normalized spacial score (nSPS) is 13.2. The largest absolute Gasteiger partial charge is 0.392 e. The van der Waals surface area contributed by atoms with Crippen LogP contribution in [0.3, 0.4) is 0 Å². The van der Waals surface area contributed by atoms with E-state index in [9.17, 15) is 9.50 Å². The second-order valence-corrected chi connectivity index (χ2v) is 6.41. The van der Waals surface area contributed by atoms with Crippen LogP contribution >= 0.6 is 15.9 Å². The second kappa shape index (κ2) is 6.06. The molecule has 2 rings (SSSR count). The van der Waals surface area contributed by atoms with Crippen molar-refractivity contribution in [3.05, 3.63) is 69.9 Å². The Hall–Kier alpha value is -1.19. The molecule has 3 heteroatoms. The van der Waals surface area contributed by atoms with Gasteiger partial charge in [0.1, 0.15) is 5.82 Å². The van der Waals surface area contributed by atoms with E-state index in [0.717, 1.165) is 11.1 Å². The summed E-state index contributed by atoms with van der Waals surface area (Å²) in [5, 5.41) is 10.5. The minimum Gasteiger partial charge on any atom is -0.392 e.